The molecule has 0 saturated carbocycles. The van der Waals surface area contributed by atoms with Crippen LogP contribution in [0.15, 0.2) is 24.3 Å². The summed E-state index contributed by atoms with van der Waals surface area (Å²) >= 11 is 0. The number of aryl methyl sites for hydroxylation is 1. The van der Waals surface area contributed by atoms with E-state index in [-0.39, 0.29) is 12.7 Å². The van der Waals surface area contributed by atoms with Gasteiger partial charge in [-0.1, -0.05) is 29.8 Å². The minimum absolute atomic E-state index is 0.0634. The molecule has 1 heterocycles. The van der Waals surface area contributed by atoms with Crippen LogP contribution in [0.1, 0.15) is 51.2 Å². The lowest BCUT2D eigenvalue weighted by molar-refractivity contribution is 0.0433. The molecule has 1 fully saturated rings. The Morgan fingerprint density at radius 2 is 2.16 bits per heavy atom. The zero-order valence-corrected chi connectivity index (χ0v) is 15.8. The van der Waals surface area contributed by atoms with Crippen LogP contribution in [0.3, 0.4) is 0 Å². The van der Waals surface area contributed by atoms with Crippen molar-refractivity contribution in [3.8, 4) is 0 Å². The summed E-state index contributed by atoms with van der Waals surface area (Å²) in [5.74, 6) is 0. The number of aliphatic hydroxyl groups is 1. The molecule has 2 unspecified atom stereocenters. The average Bonchev–Trinajstić information content (AvgIpc) is 3.02. The SMILES string of the molecule is Cc1cccc(C(CO)(CNC(=O)OC(C)(C)C)CC2CCCO2)c1. The fourth-order valence-electron chi connectivity index (χ4n) is 3.28. The van der Waals surface area contributed by atoms with Crippen LogP contribution in [0.25, 0.3) is 0 Å². The second-order valence-electron chi connectivity index (χ2n) is 8.00. The third-order valence-electron chi connectivity index (χ3n) is 4.55. The lowest BCUT2D eigenvalue weighted by Gasteiger charge is -2.35. The number of alkyl carbamates (subject to hydrolysis) is 1. The van der Waals surface area contributed by atoms with E-state index in [1.807, 2.05) is 45.9 Å². The highest BCUT2D eigenvalue weighted by molar-refractivity contribution is 5.67. The van der Waals surface area contributed by atoms with Crippen LogP contribution < -0.4 is 5.32 Å². The molecular formula is C20H31NO4. The summed E-state index contributed by atoms with van der Waals surface area (Å²) in [5, 5.41) is 13.1. The van der Waals surface area contributed by atoms with Crippen molar-refractivity contribution < 1.29 is 19.4 Å². The van der Waals surface area contributed by atoms with Crippen molar-refractivity contribution in [1.82, 2.24) is 5.32 Å². The normalized spacial score (nSPS) is 20.1. The van der Waals surface area contributed by atoms with Crippen molar-refractivity contribution >= 4 is 6.09 Å². The molecule has 1 amide bonds. The lowest BCUT2D eigenvalue weighted by atomic mass is 9.75. The second kappa shape index (κ2) is 8.19. The van der Waals surface area contributed by atoms with Gasteiger partial charge < -0.3 is 19.9 Å². The third kappa shape index (κ3) is 5.72. The Labute approximate surface area is 150 Å². The highest BCUT2D eigenvalue weighted by atomic mass is 16.6. The first-order valence-electron chi connectivity index (χ1n) is 9.01. The van der Waals surface area contributed by atoms with Crippen molar-refractivity contribution in [2.75, 3.05) is 19.8 Å². The van der Waals surface area contributed by atoms with Crippen molar-refractivity contribution in [3.05, 3.63) is 35.4 Å². The predicted molar refractivity (Wildman–Crippen MR) is 97.8 cm³/mol. The van der Waals surface area contributed by atoms with E-state index in [9.17, 15) is 9.90 Å². The van der Waals surface area contributed by atoms with Crippen LogP contribution in [0, 0.1) is 6.92 Å². The van der Waals surface area contributed by atoms with E-state index in [2.05, 4.69) is 11.4 Å². The van der Waals surface area contributed by atoms with Gasteiger partial charge in [0.2, 0.25) is 0 Å². The van der Waals surface area contributed by atoms with E-state index in [4.69, 9.17) is 9.47 Å². The van der Waals surface area contributed by atoms with Crippen LogP contribution >= 0.6 is 0 Å². The molecule has 25 heavy (non-hydrogen) atoms. The summed E-state index contributed by atoms with van der Waals surface area (Å²) in [4.78, 5) is 12.1. The first-order valence-corrected chi connectivity index (χ1v) is 9.01. The van der Waals surface area contributed by atoms with Gasteiger partial charge in [-0.05, 0) is 52.5 Å². The Kier molecular flexibility index (Phi) is 6.47. The largest absolute Gasteiger partial charge is 0.444 e. The molecule has 1 aromatic rings. The molecule has 5 nitrogen and oxygen atoms in total. The molecule has 2 rings (SSSR count). The quantitative estimate of drug-likeness (QED) is 0.827. The smallest absolute Gasteiger partial charge is 0.407 e. The molecule has 2 N–H and O–H groups in total. The Hall–Kier alpha value is -1.59. The van der Waals surface area contributed by atoms with Crippen LogP contribution in [0.2, 0.25) is 0 Å². The number of hydrogen-bond donors (Lipinski definition) is 2. The second-order valence-corrected chi connectivity index (χ2v) is 8.00. The number of hydrogen-bond acceptors (Lipinski definition) is 4. The molecule has 1 aliphatic heterocycles. The molecule has 0 aliphatic carbocycles. The molecule has 140 valence electrons. The van der Waals surface area contributed by atoms with Gasteiger partial charge in [-0.2, -0.15) is 0 Å². The van der Waals surface area contributed by atoms with E-state index in [0.29, 0.717) is 13.0 Å². The Bertz CT molecular complexity index is 575. The monoisotopic (exact) mass is 349 g/mol. The number of benzene rings is 1. The maximum absolute atomic E-state index is 12.1. The minimum Gasteiger partial charge on any atom is -0.444 e. The lowest BCUT2D eigenvalue weighted by Crippen LogP contribution is -2.46. The number of aliphatic hydroxyl groups excluding tert-OH is 1. The van der Waals surface area contributed by atoms with E-state index < -0.39 is 17.1 Å². The molecule has 0 spiro atoms. The fraction of sp³-hybridized carbons (Fsp3) is 0.650. The molecular weight excluding hydrogens is 318 g/mol. The number of ether oxygens (including phenoxy) is 2. The topological polar surface area (TPSA) is 67.8 Å². The summed E-state index contributed by atoms with van der Waals surface area (Å²) in [6.45, 7) is 8.53. The van der Waals surface area contributed by atoms with Gasteiger partial charge >= 0.3 is 6.09 Å². The highest BCUT2D eigenvalue weighted by Gasteiger charge is 2.37. The van der Waals surface area contributed by atoms with Crippen LogP contribution in [0.5, 0.6) is 0 Å². The van der Waals surface area contributed by atoms with Gasteiger partial charge in [0.05, 0.1) is 12.7 Å². The molecule has 0 radical (unpaired) electrons. The first kappa shape index (κ1) is 19.7. The van der Waals surface area contributed by atoms with Crippen molar-refractivity contribution in [3.63, 3.8) is 0 Å². The predicted octanol–water partition coefficient (Wildman–Crippen LogP) is 3.32. The van der Waals surface area contributed by atoms with Crippen LogP contribution in [0.4, 0.5) is 4.79 Å². The first-order chi connectivity index (χ1) is 11.7. The van der Waals surface area contributed by atoms with Gasteiger partial charge in [-0.15, -0.1) is 0 Å². The average molecular weight is 349 g/mol. The van der Waals surface area contributed by atoms with Crippen molar-refractivity contribution in [2.45, 2.75) is 64.1 Å². The van der Waals surface area contributed by atoms with Gasteiger partial charge in [0.1, 0.15) is 5.60 Å². The summed E-state index contributed by atoms with van der Waals surface area (Å²) in [5.41, 5.74) is 1.00. The Morgan fingerprint density at radius 1 is 1.40 bits per heavy atom. The summed E-state index contributed by atoms with van der Waals surface area (Å²) in [7, 11) is 0. The summed E-state index contributed by atoms with van der Waals surface area (Å²) < 4.78 is 11.1. The van der Waals surface area contributed by atoms with Gasteiger partial charge in [0.15, 0.2) is 0 Å². The van der Waals surface area contributed by atoms with Crippen molar-refractivity contribution in [2.24, 2.45) is 0 Å². The Balaban J connectivity index is 2.19. The molecule has 2 atom stereocenters. The maximum Gasteiger partial charge on any atom is 0.407 e. The number of rotatable bonds is 6. The van der Waals surface area contributed by atoms with E-state index in [1.54, 1.807) is 0 Å². The molecule has 0 bridgehead atoms. The van der Waals surface area contributed by atoms with E-state index in [0.717, 1.165) is 30.6 Å². The van der Waals surface area contributed by atoms with Gasteiger partial charge in [-0.3, -0.25) is 0 Å². The highest BCUT2D eigenvalue weighted by Crippen LogP contribution is 2.33. The maximum atomic E-state index is 12.1. The summed E-state index contributed by atoms with van der Waals surface area (Å²) in [6, 6.07) is 8.09. The van der Waals surface area contributed by atoms with Crippen LogP contribution in [-0.2, 0) is 14.9 Å². The zero-order valence-electron chi connectivity index (χ0n) is 15.8. The molecule has 1 aromatic carbocycles. The number of carbonyl (C=O) groups is 1. The van der Waals surface area contributed by atoms with Gasteiger partial charge in [0, 0.05) is 18.6 Å². The van der Waals surface area contributed by atoms with Crippen LogP contribution in [-0.4, -0.2) is 42.7 Å². The fourth-order valence-corrected chi connectivity index (χ4v) is 3.28. The Morgan fingerprint density at radius 3 is 2.72 bits per heavy atom. The van der Waals surface area contributed by atoms with Gasteiger partial charge in [-0.25, -0.2) is 4.79 Å². The van der Waals surface area contributed by atoms with E-state index in [1.165, 1.54) is 0 Å². The van der Waals surface area contributed by atoms with Crippen molar-refractivity contribution in [1.29, 1.82) is 0 Å². The molecule has 1 aliphatic rings. The molecule has 0 aromatic heterocycles. The minimum atomic E-state index is -0.585. The number of carbonyl (C=O) groups excluding carboxylic acids is 1. The molecule has 5 heteroatoms. The number of nitrogens with one attached hydrogen (secondary N) is 1. The molecule has 1 saturated heterocycles. The standard InChI is InChI=1S/C20H31NO4/c1-15-7-5-8-16(11-15)20(14-22,12-17-9-6-10-24-17)13-21-18(23)25-19(2,3)4/h5,7-8,11,17,22H,6,9-10,12-14H2,1-4H3,(H,21,23). The summed E-state index contributed by atoms with van der Waals surface area (Å²) in [6.07, 6.45) is 2.33. The van der Waals surface area contributed by atoms with Gasteiger partial charge in [0.25, 0.3) is 0 Å². The zero-order chi connectivity index (χ0) is 18.5. The van der Waals surface area contributed by atoms with E-state index >= 15 is 0 Å². The number of amides is 1. The third-order valence-corrected chi connectivity index (χ3v) is 4.55.